The zero-order valence-corrected chi connectivity index (χ0v) is 14.3. The molecule has 1 saturated heterocycles. The molecule has 2 rings (SSSR count). The molecule has 22 heavy (non-hydrogen) atoms. The van der Waals surface area contributed by atoms with Gasteiger partial charge >= 0.3 is 17.8 Å². The molecule has 0 bridgehead atoms. The van der Waals surface area contributed by atoms with Crippen molar-refractivity contribution in [3.8, 4) is 0 Å². The summed E-state index contributed by atoms with van der Waals surface area (Å²) in [6, 6.07) is 2.84. The van der Waals surface area contributed by atoms with Crippen LogP contribution in [0.25, 0.3) is 0 Å². The molecule has 1 aromatic heterocycles. The van der Waals surface area contributed by atoms with Gasteiger partial charge in [-0.15, -0.1) is 11.3 Å². The van der Waals surface area contributed by atoms with Gasteiger partial charge in [0.15, 0.2) is 0 Å². The van der Waals surface area contributed by atoms with E-state index in [1.165, 1.54) is 11.3 Å². The zero-order chi connectivity index (χ0) is 16.4. The largest absolute Gasteiger partial charge is 0.335 e. The number of halogens is 1. The van der Waals surface area contributed by atoms with E-state index in [2.05, 4.69) is 0 Å². The van der Waals surface area contributed by atoms with Crippen molar-refractivity contribution in [3.63, 3.8) is 0 Å². The molecule has 1 aliphatic rings. The molecular weight excluding hydrogens is 326 g/mol. The topological polar surface area (TPSA) is 60.9 Å². The highest BCUT2D eigenvalue weighted by Gasteiger charge is 2.45. The molecule has 0 atom stereocenters. The second-order valence-electron chi connectivity index (χ2n) is 5.28. The molecule has 4 amide bonds. The number of imide groups is 2. The predicted molar refractivity (Wildman–Crippen MR) is 84.5 cm³/mol. The maximum atomic E-state index is 12.2. The lowest BCUT2D eigenvalue weighted by Crippen LogP contribution is -2.43. The number of thiophene rings is 1. The summed E-state index contributed by atoms with van der Waals surface area (Å²) in [6.45, 7) is 6.65. The first kappa shape index (κ1) is 16.9. The van der Waals surface area contributed by atoms with E-state index in [1.54, 1.807) is 13.8 Å². The Morgan fingerprint density at radius 3 is 2.36 bits per heavy atom. The summed E-state index contributed by atoms with van der Waals surface area (Å²) < 4.78 is 0.695. The van der Waals surface area contributed by atoms with Crippen LogP contribution < -0.4 is 0 Å². The van der Waals surface area contributed by atoms with Crippen molar-refractivity contribution < 1.29 is 14.4 Å². The van der Waals surface area contributed by atoms with E-state index in [-0.39, 0.29) is 12.7 Å². The zero-order valence-electron chi connectivity index (χ0n) is 12.7. The summed E-state index contributed by atoms with van der Waals surface area (Å²) in [5.41, 5.74) is 0. The maximum Gasteiger partial charge on any atom is 0.335 e. The Kier molecular flexibility index (Phi) is 5.20. The first-order chi connectivity index (χ1) is 10.3. The minimum atomic E-state index is -0.763. The van der Waals surface area contributed by atoms with Crippen LogP contribution in [0.1, 0.15) is 25.6 Å². The summed E-state index contributed by atoms with van der Waals surface area (Å²) in [5, 5.41) is 0. The number of hydrogen-bond donors (Lipinski definition) is 0. The lowest BCUT2D eigenvalue weighted by Gasteiger charge is -2.25. The summed E-state index contributed by atoms with van der Waals surface area (Å²) in [5.74, 6) is -1.52. The molecule has 0 saturated carbocycles. The number of urea groups is 1. The standard InChI is InChI=1S/C14H18ClN3O3S/c1-4-16(7-10-5-6-11(15)22-10)8-17-12(19)13(20)18(9(2)3)14(17)21/h5-6,9H,4,7-8H2,1-3H3. The minimum absolute atomic E-state index is 0.0959. The van der Waals surface area contributed by atoms with Gasteiger partial charge in [0.2, 0.25) is 0 Å². The molecule has 120 valence electrons. The van der Waals surface area contributed by atoms with Crippen molar-refractivity contribution in [1.29, 1.82) is 0 Å². The molecule has 1 aliphatic heterocycles. The summed E-state index contributed by atoms with van der Waals surface area (Å²) in [4.78, 5) is 41.1. The Hall–Kier alpha value is -1.44. The van der Waals surface area contributed by atoms with E-state index in [0.717, 1.165) is 14.7 Å². The van der Waals surface area contributed by atoms with Crippen molar-refractivity contribution in [3.05, 3.63) is 21.3 Å². The van der Waals surface area contributed by atoms with Crippen molar-refractivity contribution in [2.24, 2.45) is 0 Å². The number of amides is 4. The summed E-state index contributed by atoms with van der Waals surface area (Å²) >= 11 is 7.36. The lowest BCUT2D eigenvalue weighted by atomic mass is 10.3. The van der Waals surface area contributed by atoms with Crippen LogP contribution in [-0.2, 0) is 16.1 Å². The first-order valence-electron chi connectivity index (χ1n) is 7.00. The number of rotatable bonds is 6. The molecule has 0 unspecified atom stereocenters. The summed E-state index contributed by atoms with van der Waals surface area (Å²) in [6.07, 6.45) is 0. The molecular formula is C14H18ClN3O3S. The molecule has 0 N–H and O–H groups in total. The van der Waals surface area contributed by atoms with Crippen LogP contribution in [0.15, 0.2) is 12.1 Å². The molecule has 1 fully saturated rings. The van der Waals surface area contributed by atoms with E-state index in [4.69, 9.17) is 11.6 Å². The van der Waals surface area contributed by atoms with Crippen molar-refractivity contribution in [2.45, 2.75) is 33.4 Å². The fraction of sp³-hybridized carbons (Fsp3) is 0.500. The lowest BCUT2D eigenvalue weighted by molar-refractivity contribution is -0.144. The second-order valence-corrected chi connectivity index (χ2v) is 7.08. The predicted octanol–water partition coefficient (Wildman–Crippen LogP) is 2.38. The molecule has 6 nitrogen and oxygen atoms in total. The van der Waals surface area contributed by atoms with Crippen LogP contribution in [0.3, 0.4) is 0 Å². The van der Waals surface area contributed by atoms with Gasteiger partial charge < -0.3 is 0 Å². The average Bonchev–Trinajstić information content (AvgIpc) is 2.95. The Morgan fingerprint density at radius 2 is 1.91 bits per heavy atom. The van der Waals surface area contributed by atoms with Gasteiger partial charge in [0.1, 0.15) is 0 Å². The third-order valence-electron chi connectivity index (χ3n) is 3.40. The molecule has 2 heterocycles. The normalized spacial score (nSPS) is 15.8. The number of hydrogen-bond acceptors (Lipinski definition) is 5. The van der Waals surface area contributed by atoms with Crippen LogP contribution in [0, 0.1) is 0 Å². The van der Waals surface area contributed by atoms with Crippen LogP contribution >= 0.6 is 22.9 Å². The third-order valence-corrected chi connectivity index (χ3v) is 4.61. The maximum absolute atomic E-state index is 12.2. The molecule has 0 radical (unpaired) electrons. The van der Waals surface area contributed by atoms with E-state index in [0.29, 0.717) is 17.4 Å². The van der Waals surface area contributed by atoms with Crippen LogP contribution in [-0.4, -0.2) is 51.8 Å². The fourth-order valence-electron chi connectivity index (χ4n) is 2.22. The number of carbonyl (C=O) groups is 3. The van der Waals surface area contributed by atoms with Gasteiger partial charge in [0.25, 0.3) is 0 Å². The van der Waals surface area contributed by atoms with Gasteiger partial charge in [0.05, 0.1) is 11.0 Å². The van der Waals surface area contributed by atoms with Gasteiger partial charge in [-0.2, -0.15) is 0 Å². The van der Waals surface area contributed by atoms with Gasteiger partial charge in [-0.25, -0.2) is 9.69 Å². The smallest absolute Gasteiger partial charge is 0.281 e. The molecule has 0 aromatic carbocycles. The van der Waals surface area contributed by atoms with Gasteiger partial charge in [0, 0.05) is 17.5 Å². The third kappa shape index (κ3) is 3.31. The van der Waals surface area contributed by atoms with Crippen molar-refractivity contribution in [1.82, 2.24) is 14.7 Å². The first-order valence-corrected chi connectivity index (χ1v) is 8.20. The Bertz CT molecular complexity index is 602. The highest BCUT2D eigenvalue weighted by atomic mass is 35.5. The van der Waals surface area contributed by atoms with Gasteiger partial charge in [-0.1, -0.05) is 18.5 Å². The average molecular weight is 344 g/mol. The Morgan fingerprint density at radius 1 is 1.23 bits per heavy atom. The van der Waals surface area contributed by atoms with Crippen LogP contribution in [0.2, 0.25) is 4.34 Å². The summed E-state index contributed by atoms with van der Waals surface area (Å²) in [7, 11) is 0. The van der Waals surface area contributed by atoms with Crippen LogP contribution in [0.5, 0.6) is 0 Å². The Labute approximate surface area is 138 Å². The van der Waals surface area contributed by atoms with E-state index in [1.807, 2.05) is 24.0 Å². The van der Waals surface area contributed by atoms with Crippen molar-refractivity contribution >= 4 is 40.8 Å². The SMILES string of the molecule is CCN(Cc1ccc(Cl)s1)CN1C(=O)C(=O)N(C(C)C)C1=O. The van der Waals surface area contributed by atoms with E-state index in [9.17, 15) is 14.4 Å². The fourth-order valence-corrected chi connectivity index (χ4v) is 3.35. The molecule has 0 aliphatic carbocycles. The molecule has 1 aromatic rings. The highest BCUT2D eigenvalue weighted by molar-refractivity contribution is 7.16. The number of carbonyl (C=O) groups excluding carboxylic acids is 3. The van der Waals surface area contributed by atoms with Gasteiger partial charge in [-0.3, -0.25) is 19.4 Å². The van der Waals surface area contributed by atoms with Crippen molar-refractivity contribution in [2.75, 3.05) is 13.2 Å². The Balaban J connectivity index is 2.09. The highest BCUT2D eigenvalue weighted by Crippen LogP contribution is 2.23. The van der Waals surface area contributed by atoms with Crippen LogP contribution in [0.4, 0.5) is 4.79 Å². The van der Waals surface area contributed by atoms with E-state index < -0.39 is 17.8 Å². The molecule has 8 heteroatoms. The second kappa shape index (κ2) is 6.76. The minimum Gasteiger partial charge on any atom is -0.281 e. The van der Waals surface area contributed by atoms with Gasteiger partial charge in [-0.05, 0) is 32.5 Å². The quantitative estimate of drug-likeness (QED) is 0.587. The monoisotopic (exact) mass is 343 g/mol. The number of nitrogens with zero attached hydrogens (tertiary/aromatic N) is 3. The molecule has 0 spiro atoms. The van der Waals surface area contributed by atoms with E-state index >= 15 is 0 Å².